The molecule has 3 atom stereocenters. The van der Waals surface area contributed by atoms with Crippen LogP contribution >= 0.6 is 0 Å². The summed E-state index contributed by atoms with van der Waals surface area (Å²) in [7, 11) is 0. The first-order valence-electron chi connectivity index (χ1n) is 25.4. The Bertz CT molecular complexity index is 3110. The highest BCUT2D eigenvalue weighted by Crippen LogP contribution is 2.10. The summed E-state index contributed by atoms with van der Waals surface area (Å²) < 4.78 is 13.7. The van der Waals surface area contributed by atoms with Crippen LogP contribution in [-0.4, -0.2) is 114 Å². The highest BCUT2D eigenvalue weighted by atomic mass is 16.6. The van der Waals surface area contributed by atoms with Crippen molar-refractivity contribution in [3.8, 4) is 0 Å². The first kappa shape index (κ1) is 61.9. The third-order valence-electron chi connectivity index (χ3n) is 11.7. The molecule has 0 aliphatic carbocycles. The second-order valence-electron chi connectivity index (χ2n) is 19.5. The predicted octanol–water partition coefficient (Wildman–Crippen LogP) is -0.972. The molecular formula is C51H70N12O15. The van der Waals surface area contributed by atoms with E-state index in [-0.39, 0.29) is 87.9 Å². The Balaban J connectivity index is 1.38. The van der Waals surface area contributed by atoms with Crippen molar-refractivity contribution in [3.63, 3.8) is 0 Å². The zero-order valence-corrected chi connectivity index (χ0v) is 44.6. The molecule has 4 aromatic rings. The quantitative estimate of drug-likeness (QED) is 0.0233. The lowest BCUT2D eigenvalue weighted by molar-refractivity contribution is -0.149. The smallest absolute Gasteiger partial charge is 0.407 e. The third kappa shape index (κ3) is 21.5. The van der Waals surface area contributed by atoms with Gasteiger partial charge in [-0.2, -0.15) is 0 Å². The number of alkyl carbamates (subject to hydrolysis) is 1. The fourth-order valence-corrected chi connectivity index (χ4v) is 7.60. The SMILES string of the molecule is Cc1cn(CC(=O)N[C@@H](CCCCNC(=O)OC(C)(C)C)C(=O)NCCCC[C@H](NC(=O)Cn2cc(C)c(=O)[nH]c2=O)C(=O)NCCCC[C@H](NC(=O)Cn2cc(C)c(=O)[nH]c2=O)C(=O)OCc2ccccc2)c(=O)[nH]c1=O. The summed E-state index contributed by atoms with van der Waals surface area (Å²) in [6.07, 6.45) is 5.13. The van der Waals surface area contributed by atoms with Gasteiger partial charge >= 0.3 is 29.1 Å². The minimum Gasteiger partial charge on any atom is -0.459 e. The largest absolute Gasteiger partial charge is 0.459 e. The Kier molecular flexibility index (Phi) is 24.0. The maximum Gasteiger partial charge on any atom is 0.407 e. The van der Waals surface area contributed by atoms with E-state index in [2.05, 4.69) is 46.9 Å². The van der Waals surface area contributed by atoms with Gasteiger partial charge in [0, 0.05) is 54.9 Å². The maximum absolute atomic E-state index is 13.7. The van der Waals surface area contributed by atoms with Gasteiger partial charge in [-0.1, -0.05) is 30.3 Å². The van der Waals surface area contributed by atoms with Crippen LogP contribution in [0.4, 0.5) is 4.79 Å². The second-order valence-corrected chi connectivity index (χ2v) is 19.5. The van der Waals surface area contributed by atoms with Crippen molar-refractivity contribution in [2.75, 3.05) is 19.6 Å². The van der Waals surface area contributed by atoms with E-state index < -0.39 is 119 Å². The number of H-pyrrole nitrogens is 3. The summed E-state index contributed by atoms with van der Waals surface area (Å²) in [6.45, 7) is 8.22. The number of ether oxygens (including phenoxy) is 2. The van der Waals surface area contributed by atoms with Gasteiger partial charge in [0.2, 0.25) is 29.5 Å². The summed E-state index contributed by atoms with van der Waals surface area (Å²) in [5.41, 5.74) is -3.79. The van der Waals surface area contributed by atoms with Crippen LogP contribution in [0.25, 0.3) is 0 Å². The molecule has 27 heteroatoms. The number of carbonyl (C=O) groups is 7. The normalized spacial score (nSPS) is 12.3. The number of hydrogen-bond donors (Lipinski definition) is 9. The molecule has 3 heterocycles. The summed E-state index contributed by atoms with van der Waals surface area (Å²) >= 11 is 0. The van der Waals surface area contributed by atoms with Gasteiger partial charge in [-0.15, -0.1) is 0 Å². The molecule has 1 aromatic carbocycles. The van der Waals surface area contributed by atoms with Gasteiger partial charge in [-0.05, 0) is 105 Å². The van der Waals surface area contributed by atoms with Gasteiger partial charge in [0.25, 0.3) is 16.7 Å². The number of esters is 1. The zero-order valence-electron chi connectivity index (χ0n) is 44.6. The number of benzene rings is 1. The zero-order chi connectivity index (χ0) is 57.5. The Morgan fingerprint density at radius 2 is 0.872 bits per heavy atom. The molecule has 27 nitrogen and oxygen atoms in total. The van der Waals surface area contributed by atoms with Crippen LogP contribution in [0.3, 0.4) is 0 Å². The summed E-state index contributed by atoms with van der Waals surface area (Å²) in [5, 5.41) is 16.0. The highest BCUT2D eigenvalue weighted by molar-refractivity contribution is 5.88. The standard InChI is InChI=1S/C51H70N12O15/c1-31-24-61(47(73)58-41(31)67)27-38(64)55-35(44(70)53-22-14-12-20-37(46(72)77-30-34-16-8-7-9-17-34)57-40(66)29-63-26-33(3)43(69)60-49(63)75)18-10-13-21-52-45(71)36(19-11-15-23-54-50(76)78-51(4,5)6)56-39(65)28-62-25-32(2)42(68)59-48(62)74/h7-9,16-17,24-26,35-37H,10-15,18-23,27-30H2,1-6H3,(H,52,71)(H,53,70)(H,54,76)(H,55,64)(H,56,65)(H,57,66)(H,58,67,73)(H,59,68,74)(H,60,69,75)/t35-,36-,37-/m0/s1. The number of hydrogen-bond acceptors (Lipinski definition) is 15. The maximum atomic E-state index is 13.7. The number of nitrogens with zero attached hydrogens (tertiary/aromatic N) is 3. The van der Waals surface area contributed by atoms with E-state index in [1.54, 1.807) is 51.1 Å². The van der Waals surface area contributed by atoms with E-state index in [1.807, 2.05) is 0 Å². The van der Waals surface area contributed by atoms with E-state index in [0.29, 0.717) is 18.4 Å². The Hall–Kier alpha value is -8.65. The van der Waals surface area contributed by atoms with Gasteiger partial charge in [0.05, 0.1) is 0 Å². The molecule has 6 amide bonds. The third-order valence-corrected chi connectivity index (χ3v) is 11.7. The van der Waals surface area contributed by atoms with Crippen molar-refractivity contribution >= 4 is 41.6 Å². The minimum atomic E-state index is -1.17. The van der Waals surface area contributed by atoms with Crippen molar-refractivity contribution in [1.82, 2.24) is 60.6 Å². The molecule has 0 aliphatic rings. The first-order valence-corrected chi connectivity index (χ1v) is 25.4. The molecule has 424 valence electrons. The number of aryl methyl sites for hydroxylation is 3. The van der Waals surface area contributed by atoms with E-state index in [4.69, 9.17) is 9.47 Å². The summed E-state index contributed by atoms with van der Waals surface area (Å²) in [5.74, 6) is -4.06. The Morgan fingerprint density at radius 3 is 1.26 bits per heavy atom. The number of aromatic nitrogens is 6. The number of nitrogens with one attached hydrogen (secondary N) is 9. The van der Waals surface area contributed by atoms with Crippen LogP contribution < -0.4 is 65.6 Å². The topological polar surface area (TPSA) is 375 Å². The average molecular weight is 1090 g/mol. The van der Waals surface area contributed by atoms with E-state index in [1.165, 1.54) is 39.4 Å². The van der Waals surface area contributed by atoms with Crippen molar-refractivity contribution in [3.05, 3.63) is 134 Å². The lowest BCUT2D eigenvalue weighted by Gasteiger charge is -2.21. The van der Waals surface area contributed by atoms with E-state index in [9.17, 15) is 62.3 Å². The van der Waals surface area contributed by atoms with Crippen LogP contribution in [0.5, 0.6) is 0 Å². The number of aromatic amines is 3. The molecule has 0 saturated carbocycles. The lowest BCUT2D eigenvalue weighted by Crippen LogP contribution is -2.49. The lowest BCUT2D eigenvalue weighted by atomic mass is 10.1. The molecule has 3 aromatic heterocycles. The molecule has 0 radical (unpaired) electrons. The van der Waals surface area contributed by atoms with Gasteiger partial charge in [0.1, 0.15) is 50.0 Å². The molecule has 0 unspecified atom stereocenters. The Labute approximate surface area is 446 Å². The molecule has 0 aliphatic heterocycles. The number of unbranched alkanes of at least 4 members (excludes halogenated alkanes) is 3. The summed E-state index contributed by atoms with van der Waals surface area (Å²) in [4.78, 5) is 171. The number of carbonyl (C=O) groups excluding carboxylic acids is 7. The first-order chi connectivity index (χ1) is 36.9. The fraction of sp³-hybridized carbons (Fsp3) is 0.510. The molecular weight excluding hydrogens is 1020 g/mol. The van der Waals surface area contributed by atoms with E-state index >= 15 is 0 Å². The Morgan fingerprint density at radius 1 is 0.513 bits per heavy atom. The fourth-order valence-electron chi connectivity index (χ4n) is 7.60. The van der Waals surface area contributed by atoms with Crippen molar-refractivity contribution in [2.24, 2.45) is 0 Å². The monoisotopic (exact) mass is 1090 g/mol. The molecule has 0 spiro atoms. The van der Waals surface area contributed by atoms with Gasteiger partial charge in [-0.3, -0.25) is 67.0 Å². The van der Waals surface area contributed by atoms with Gasteiger partial charge in [-0.25, -0.2) is 24.0 Å². The van der Waals surface area contributed by atoms with Crippen molar-refractivity contribution in [2.45, 2.75) is 149 Å². The van der Waals surface area contributed by atoms with Crippen LogP contribution in [0.2, 0.25) is 0 Å². The number of rotatable bonds is 29. The summed E-state index contributed by atoms with van der Waals surface area (Å²) in [6, 6.07) is 5.42. The van der Waals surface area contributed by atoms with Gasteiger partial charge in [0.15, 0.2) is 0 Å². The van der Waals surface area contributed by atoms with Crippen LogP contribution in [0.1, 0.15) is 101 Å². The predicted molar refractivity (Wildman–Crippen MR) is 282 cm³/mol. The molecule has 0 saturated heterocycles. The molecule has 0 fully saturated rings. The van der Waals surface area contributed by atoms with Crippen molar-refractivity contribution < 1.29 is 43.0 Å². The number of amides is 6. The van der Waals surface area contributed by atoms with Crippen molar-refractivity contribution in [1.29, 1.82) is 0 Å². The van der Waals surface area contributed by atoms with Crippen LogP contribution in [0, 0.1) is 20.8 Å². The minimum absolute atomic E-state index is 0.0460. The van der Waals surface area contributed by atoms with Gasteiger partial charge < -0.3 is 41.4 Å². The molecule has 4 rings (SSSR count). The second kappa shape index (κ2) is 30.2. The average Bonchev–Trinajstić information content (AvgIpc) is 3.37. The molecule has 9 N–H and O–H groups in total. The molecule has 78 heavy (non-hydrogen) atoms. The van der Waals surface area contributed by atoms with E-state index in [0.717, 1.165) is 13.7 Å². The highest BCUT2D eigenvalue weighted by Gasteiger charge is 2.26. The van der Waals surface area contributed by atoms with Crippen LogP contribution in [-0.2, 0) is 64.5 Å². The molecule has 0 bridgehead atoms. The van der Waals surface area contributed by atoms with Crippen LogP contribution in [0.15, 0.2) is 77.7 Å².